The van der Waals surface area contributed by atoms with E-state index in [-0.39, 0.29) is 11.9 Å². The standard InChI is InChI=1S/C21H23N5O2/c27-19(23-13-11-16-7-2-1-3-8-16)15-26-14-6-10-18(26)21-24-20(25-28-21)17-9-4-5-12-22-17/h1-5,7-9,12,18H,6,10-11,13-15H2,(H,23,27)/t18-/m0/s1. The van der Waals surface area contributed by atoms with Gasteiger partial charge in [-0.15, -0.1) is 0 Å². The summed E-state index contributed by atoms with van der Waals surface area (Å²) in [5.74, 6) is 1.05. The van der Waals surface area contributed by atoms with E-state index in [2.05, 4.69) is 37.5 Å². The Kier molecular flexibility index (Phi) is 5.72. The van der Waals surface area contributed by atoms with E-state index < -0.39 is 0 Å². The topological polar surface area (TPSA) is 84.2 Å². The first-order valence-electron chi connectivity index (χ1n) is 9.59. The molecule has 28 heavy (non-hydrogen) atoms. The number of hydrogen-bond acceptors (Lipinski definition) is 6. The first kappa shape index (κ1) is 18.3. The van der Waals surface area contributed by atoms with Gasteiger partial charge in [-0.1, -0.05) is 41.6 Å². The maximum atomic E-state index is 12.4. The molecule has 0 unspecified atom stereocenters. The molecule has 0 saturated carbocycles. The Morgan fingerprint density at radius 1 is 1.18 bits per heavy atom. The number of aromatic nitrogens is 3. The molecule has 144 valence electrons. The quantitative estimate of drug-likeness (QED) is 0.681. The summed E-state index contributed by atoms with van der Waals surface area (Å²) in [7, 11) is 0. The van der Waals surface area contributed by atoms with E-state index in [0.717, 1.165) is 25.8 Å². The van der Waals surface area contributed by atoms with E-state index in [1.165, 1.54) is 5.56 Å². The summed E-state index contributed by atoms with van der Waals surface area (Å²) in [4.78, 5) is 23.2. The van der Waals surface area contributed by atoms with Gasteiger partial charge in [0.1, 0.15) is 5.69 Å². The Morgan fingerprint density at radius 3 is 2.86 bits per heavy atom. The molecule has 1 aliphatic rings. The number of likely N-dealkylation sites (tertiary alicyclic amines) is 1. The number of pyridine rings is 1. The number of amides is 1. The summed E-state index contributed by atoms with van der Waals surface area (Å²) in [6, 6.07) is 15.7. The molecule has 0 aliphatic carbocycles. The van der Waals surface area contributed by atoms with Crippen LogP contribution >= 0.6 is 0 Å². The van der Waals surface area contributed by atoms with Gasteiger partial charge in [0.05, 0.1) is 12.6 Å². The minimum Gasteiger partial charge on any atom is -0.355 e. The fourth-order valence-electron chi connectivity index (χ4n) is 3.50. The second-order valence-electron chi connectivity index (χ2n) is 6.89. The maximum Gasteiger partial charge on any atom is 0.244 e. The van der Waals surface area contributed by atoms with Crippen molar-refractivity contribution in [2.75, 3.05) is 19.6 Å². The average molecular weight is 377 g/mol. The van der Waals surface area contributed by atoms with Gasteiger partial charge in [-0.25, -0.2) is 0 Å². The molecule has 2 aromatic heterocycles. The van der Waals surface area contributed by atoms with Crippen molar-refractivity contribution in [3.05, 3.63) is 66.2 Å². The van der Waals surface area contributed by atoms with Crippen LogP contribution in [-0.4, -0.2) is 45.6 Å². The van der Waals surface area contributed by atoms with Gasteiger partial charge in [0.15, 0.2) is 0 Å². The van der Waals surface area contributed by atoms with Crippen molar-refractivity contribution in [2.45, 2.75) is 25.3 Å². The van der Waals surface area contributed by atoms with Crippen LogP contribution in [0.25, 0.3) is 11.5 Å². The number of nitrogens with zero attached hydrogens (tertiary/aromatic N) is 4. The lowest BCUT2D eigenvalue weighted by Gasteiger charge is -2.20. The smallest absolute Gasteiger partial charge is 0.244 e. The van der Waals surface area contributed by atoms with E-state index in [1.807, 2.05) is 36.4 Å². The molecule has 7 nitrogen and oxygen atoms in total. The van der Waals surface area contributed by atoms with Crippen LogP contribution in [0.5, 0.6) is 0 Å². The van der Waals surface area contributed by atoms with Crippen LogP contribution in [0.2, 0.25) is 0 Å². The van der Waals surface area contributed by atoms with Crippen molar-refractivity contribution in [3.63, 3.8) is 0 Å². The Balaban J connectivity index is 1.32. The summed E-state index contributed by atoms with van der Waals surface area (Å²) in [5, 5.41) is 7.06. The Hall–Kier alpha value is -3.06. The third-order valence-corrected chi connectivity index (χ3v) is 4.91. The summed E-state index contributed by atoms with van der Waals surface area (Å²) in [6.07, 6.45) is 4.44. The molecule has 4 rings (SSSR count). The fraction of sp³-hybridized carbons (Fsp3) is 0.333. The minimum atomic E-state index is -0.0233. The number of carbonyl (C=O) groups is 1. The first-order valence-corrected chi connectivity index (χ1v) is 9.59. The number of hydrogen-bond donors (Lipinski definition) is 1. The monoisotopic (exact) mass is 377 g/mol. The molecule has 3 aromatic rings. The number of rotatable bonds is 7. The molecule has 1 fully saturated rings. The Morgan fingerprint density at radius 2 is 2.04 bits per heavy atom. The van der Waals surface area contributed by atoms with E-state index >= 15 is 0 Å². The molecule has 1 saturated heterocycles. The highest BCUT2D eigenvalue weighted by molar-refractivity contribution is 5.78. The number of carbonyl (C=O) groups excluding carboxylic acids is 1. The van der Waals surface area contributed by atoms with Gasteiger partial charge in [-0.2, -0.15) is 4.98 Å². The van der Waals surface area contributed by atoms with Crippen molar-refractivity contribution in [1.29, 1.82) is 0 Å². The summed E-state index contributed by atoms with van der Waals surface area (Å²) in [6.45, 7) is 1.81. The largest absolute Gasteiger partial charge is 0.355 e. The third-order valence-electron chi connectivity index (χ3n) is 4.91. The van der Waals surface area contributed by atoms with E-state index in [4.69, 9.17) is 4.52 Å². The normalized spacial score (nSPS) is 16.9. The highest BCUT2D eigenvalue weighted by atomic mass is 16.5. The van der Waals surface area contributed by atoms with Gasteiger partial charge in [0.25, 0.3) is 0 Å². The lowest BCUT2D eigenvalue weighted by Crippen LogP contribution is -2.37. The second kappa shape index (κ2) is 8.75. The molecule has 0 radical (unpaired) electrons. The highest BCUT2D eigenvalue weighted by Crippen LogP contribution is 2.31. The van der Waals surface area contributed by atoms with Gasteiger partial charge < -0.3 is 9.84 Å². The molecule has 1 aromatic carbocycles. The van der Waals surface area contributed by atoms with Crippen molar-refractivity contribution in [2.24, 2.45) is 0 Å². The van der Waals surface area contributed by atoms with E-state index in [1.54, 1.807) is 6.20 Å². The number of benzene rings is 1. The van der Waals surface area contributed by atoms with Gasteiger partial charge in [-0.05, 0) is 43.5 Å². The molecule has 0 bridgehead atoms. The van der Waals surface area contributed by atoms with Crippen LogP contribution < -0.4 is 5.32 Å². The molecule has 1 aliphatic heterocycles. The third kappa shape index (κ3) is 4.43. The second-order valence-corrected chi connectivity index (χ2v) is 6.89. The van der Waals surface area contributed by atoms with Crippen molar-refractivity contribution < 1.29 is 9.32 Å². The summed E-state index contributed by atoms with van der Waals surface area (Å²) in [5.41, 5.74) is 1.90. The van der Waals surface area contributed by atoms with Crippen molar-refractivity contribution in [3.8, 4) is 11.5 Å². The Bertz CT molecular complexity index is 897. The van der Waals surface area contributed by atoms with E-state index in [0.29, 0.717) is 30.5 Å². The molecule has 1 amide bonds. The predicted octanol–water partition coefficient (Wildman–Crippen LogP) is 2.63. The van der Waals surface area contributed by atoms with Crippen LogP contribution in [0.4, 0.5) is 0 Å². The molecule has 1 N–H and O–H groups in total. The molecule has 0 spiro atoms. The SMILES string of the molecule is O=C(CN1CCC[C@H]1c1nc(-c2ccccn2)no1)NCCc1ccccc1. The van der Waals surface area contributed by atoms with Crippen LogP contribution in [0.3, 0.4) is 0 Å². The molecular formula is C21H23N5O2. The van der Waals surface area contributed by atoms with Crippen molar-refractivity contribution >= 4 is 5.91 Å². The van der Waals surface area contributed by atoms with Crippen LogP contribution in [-0.2, 0) is 11.2 Å². The fourth-order valence-corrected chi connectivity index (χ4v) is 3.50. The number of nitrogens with one attached hydrogen (secondary N) is 1. The zero-order valence-electron chi connectivity index (χ0n) is 15.6. The van der Waals surface area contributed by atoms with Gasteiger partial charge in [0.2, 0.25) is 17.6 Å². The lowest BCUT2D eigenvalue weighted by atomic mass is 10.1. The molecule has 3 heterocycles. The molecular weight excluding hydrogens is 354 g/mol. The average Bonchev–Trinajstić information content (AvgIpc) is 3.39. The summed E-state index contributed by atoms with van der Waals surface area (Å²) >= 11 is 0. The van der Waals surface area contributed by atoms with Gasteiger partial charge in [0, 0.05) is 12.7 Å². The molecule has 7 heteroatoms. The van der Waals surface area contributed by atoms with Crippen LogP contribution in [0, 0.1) is 0 Å². The van der Waals surface area contributed by atoms with Crippen LogP contribution in [0.1, 0.15) is 30.3 Å². The van der Waals surface area contributed by atoms with Crippen molar-refractivity contribution in [1.82, 2.24) is 25.3 Å². The lowest BCUT2D eigenvalue weighted by molar-refractivity contribution is -0.122. The predicted molar refractivity (Wildman–Crippen MR) is 104 cm³/mol. The zero-order valence-corrected chi connectivity index (χ0v) is 15.6. The van der Waals surface area contributed by atoms with Gasteiger partial charge >= 0.3 is 0 Å². The molecule has 1 atom stereocenters. The summed E-state index contributed by atoms with van der Waals surface area (Å²) < 4.78 is 5.48. The first-order chi connectivity index (χ1) is 13.8. The minimum absolute atomic E-state index is 0.0206. The van der Waals surface area contributed by atoms with Gasteiger partial charge in [-0.3, -0.25) is 14.7 Å². The Labute approximate surface area is 163 Å². The highest BCUT2D eigenvalue weighted by Gasteiger charge is 2.32. The maximum absolute atomic E-state index is 12.4. The zero-order chi connectivity index (χ0) is 19.2. The van der Waals surface area contributed by atoms with Crippen LogP contribution in [0.15, 0.2) is 59.3 Å². The van der Waals surface area contributed by atoms with E-state index in [9.17, 15) is 4.79 Å².